The average molecular weight is 324 g/mol. The molecule has 0 saturated carbocycles. The van der Waals surface area contributed by atoms with E-state index in [2.05, 4.69) is 9.88 Å². The van der Waals surface area contributed by atoms with E-state index < -0.39 is 11.9 Å². The van der Waals surface area contributed by atoms with Gasteiger partial charge in [-0.25, -0.2) is 9.97 Å². The van der Waals surface area contributed by atoms with E-state index in [1.807, 2.05) is 30.3 Å². The van der Waals surface area contributed by atoms with Gasteiger partial charge in [0.25, 0.3) is 0 Å². The zero-order valence-electron chi connectivity index (χ0n) is 13.9. The number of fused-ring (bicyclic) bond motifs is 1. The smallest absolute Gasteiger partial charge is 0.329 e. The van der Waals surface area contributed by atoms with E-state index in [0.29, 0.717) is 17.0 Å². The van der Waals surface area contributed by atoms with E-state index in [1.165, 1.54) is 0 Å². The maximum absolute atomic E-state index is 12.4. The Morgan fingerprint density at radius 2 is 1.83 bits per heavy atom. The Labute approximate surface area is 141 Å². The number of benzene rings is 1. The summed E-state index contributed by atoms with van der Waals surface area (Å²) in [6.07, 6.45) is 1.86. The van der Waals surface area contributed by atoms with Crippen LogP contribution in [0.2, 0.25) is 0 Å². The van der Waals surface area contributed by atoms with E-state index in [-0.39, 0.29) is 6.10 Å². The predicted octanol–water partition coefficient (Wildman–Crippen LogP) is 2.79. The van der Waals surface area contributed by atoms with Gasteiger partial charge in [0, 0.05) is 13.1 Å². The molecular weight excluding hydrogens is 304 g/mol. The molecule has 0 N–H and O–H groups in total. The van der Waals surface area contributed by atoms with Crippen LogP contribution in [-0.2, 0) is 9.53 Å². The van der Waals surface area contributed by atoms with Gasteiger partial charge >= 0.3 is 5.97 Å². The highest BCUT2D eigenvalue weighted by Crippen LogP contribution is 2.30. The molecule has 0 aliphatic carbocycles. The van der Waals surface area contributed by atoms with Crippen LogP contribution in [0.5, 0.6) is 0 Å². The molecule has 1 aliphatic rings. The van der Waals surface area contributed by atoms with Crippen molar-refractivity contribution in [2.45, 2.75) is 38.7 Å². The lowest BCUT2D eigenvalue weighted by Crippen LogP contribution is -2.26. The van der Waals surface area contributed by atoms with Gasteiger partial charge in [-0.1, -0.05) is 12.1 Å². The second-order valence-electron chi connectivity index (χ2n) is 6.16. The van der Waals surface area contributed by atoms with Gasteiger partial charge in [-0.15, -0.1) is 0 Å². The summed E-state index contributed by atoms with van der Waals surface area (Å²) in [5, 5.41) is 9.56. The van der Waals surface area contributed by atoms with Crippen LogP contribution in [0.3, 0.4) is 0 Å². The summed E-state index contributed by atoms with van der Waals surface area (Å²) in [5.74, 6) is -1.02. The Bertz CT molecular complexity index is 791. The second kappa shape index (κ2) is 6.83. The van der Waals surface area contributed by atoms with Crippen LogP contribution in [0, 0.1) is 11.3 Å². The molecule has 0 spiro atoms. The van der Waals surface area contributed by atoms with E-state index >= 15 is 0 Å². The fraction of sp³-hybridized carbons (Fsp3) is 0.444. The zero-order chi connectivity index (χ0) is 17.1. The largest absolute Gasteiger partial charge is 0.462 e. The molecule has 1 fully saturated rings. The third-order valence-corrected chi connectivity index (χ3v) is 3.97. The minimum Gasteiger partial charge on any atom is -0.462 e. The Hall–Kier alpha value is -2.68. The zero-order valence-corrected chi connectivity index (χ0v) is 13.9. The number of rotatable bonds is 4. The number of hydrogen-bond donors (Lipinski definition) is 0. The third-order valence-electron chi connectivity index (χ3n) is 3.97. The van der Waals surface area contributed by atoms with Crippen molar-refractivity contribution >= 4 is 22.8 Å². The van der Waals surface area contributed by atoms with Crippen molar-refractivity contribution in [1.29, 1.82) is 5.26 Å². The third kappa shape index (κ3) is 3.16. The van der Waals surface area contributed by atoms with Crippen LogP contribution in [-0.4, -0.2) is 35.1 Å². The molecule has 0 unspecified atom stereocenters. The molecule has 0 bridgehead atoms. The fourth-order valence-corrected chi connectivity index (χ4v) is 2.89. The van der Waals surface area contributed by atoms with Gasteiger partial charge in [-0.05, 0) is 38.8 Å². The fourth-order valence-electron chi connectivity index (χ4n) is 2.89. The first-order chi connectivity index (χ1) is 11.6. The van der Waals surface area contributed by atoms with Gasteiger partial charge in [-0.2, -0.15) is 5.26 Å². The molecule has 124 valence electrons. The van der Waals surface area contributed by atoms with Crippen molar-refractivity contribution in [2.24, 2.45) is 0 Å². The first kappa shape index (κ1) is 16.2. The summed E-state index contributed by atoms with van der Waals surface area (Å²) in [5.41, 5.74) is 1.83. The van der Waals surface area contributed by atoms with Gasteiger partial charge in [0.05, 0.1) is 23.2 Å². The molecule has 2 heterocycles. The van der Waals surface area contributed by atoms with Crippen molar-refractivity contribution in [3.8, 4) is 6.07 Å². The van der Waals surface area contributed by atoms with Crippen molar-refractivity contribution in [3.63, 3.8) is 0 Å². The molecule has 24 heavy (non-hydrogen) atoms. The molecule has 2 aromatic rings. The van der Waals surface area contributed by atoms with Crippen LogP contribution in [0.15, 0.2) is 24.3 Å². The maximum Gasteiger partial charge on any atom is 0.329 e. The SMILES string of the molecule is CC(C)OC(=O)[C@H](C#N)c1nc2ccccc2nc1N1CCCC1. The van der Waals surface area contributed by atoms with E-state index in [9.17, 15) is 10.1 Å². The summed E-state index contributed by atoms with van der Waals surface area (Å²) in [7, 11) is 0. The van der Waals surface area contributed by atoms with Crippen molar-refractivity contribution in [1.82, 2.24) is 9.97 Å². The van der Waals surface area contributed by atoms with Crippen molar-refractivity contribution < 1.29 is 9.53 Å². The second-order valence-corrected chi connectivity index (χ2v) is 6.16. The quantitative estimate of drug-likeness (QED) is 0.805. The number of anilines is 1. The van der Waals surface area contributed by atoms with Gasteiger partial charge in [0.2, 0.25) is 0 Å². The monoisotopic (exact) mass is 324 g/mol. The summed E-state index contributed by atoms with van der Waals surface area (Å²) >= 11 is 0. The molecule has 1 atom stereocenters. The van der Waals surface area contributed by atoms with Crippen molar-refractivity contribution in [3.05, 3.63) is 30.0 Å². The summed E-state index contributed by atoms with van der Waals surface area (Å²) < 4.78 is 5.24. The normalized spacial score (nSPS) is 15.5. The number of nitriles is 1. The number of aromatic nitrogens is 2. The van der Waals surface area contributed by atoms with Gasteiger partial charge in [0.1, 0.15) is 5.69 Å². The first-order valence-electron chi connectivity index (χ1n) is 8.22. The molecule has 1 aromatic carbocycles. The number of hydrogen-bond acceptors (Lipinski definition) is 6. The molecular formula is C18H20N4O2. The highest BCUT2D eigenvalue weighted by Gasteiger charge is 2.31. The molecule has 3 rings (SSSR count). The highest BCUT2D eigenvalue weighted by atomic mass is 16.5. The Kier molecular flexibility index (Phi) is 4.61. The van der Waals surface area contributed by atoms with E-state index in [4.69, 9.17) is 9.72 Å². The molecule has 1 aliphatic heterocycles. The molecule has 6 heteroatoms. The maximum atomic E-state index is 12.4. The lowest BCUT2D eigenvalue weighted by molar-refractivity contribution is -0.147. The minimum absolute atomic E-state index is 0.281. The number of nitrogens with zero attached hydrogens (tertiary/aromatic N) is 4. The van der Waals surface area contributed by atoms with E-state index in [1.54, 1.807) is 13.8 Å². The number of carbonyl (C=O) groups excluding carboxylic acids is 1. The Balaban J connectivity index is 2.11. The van der Waals surface area contributed by atoms with Crippen LogP contribution in [0.1, 0.15) is 38.3 Å². The average Bonchev–Trinajstić information content (AvgIpc) is 3.08. The molecule has 1 saturated heterocycles. The lowest BCUT2D eigenvalue weighted by Gasteiger charge is -2.22. The van der Waals surface area contributed by atoms with Crippen molar-refractivity contribution in [2.75, 3.05) is 18.0 Å². The molecule has 0 amide bonds. The number of para-hydroxylation sites is 2. The summed E-state index contributed by atoms with van der Waals surface area (Å²) in [6.45, 7) is 5.24. The lowest BCUT2D eigenvalue weighted by atomic mass is 10.1. The Morgan fingerprint density at radius 1 is 1.21 bits per heavy atom. The van der Waals surface area contributed by atoms with Crippen LogP contribution >= 0.6 is 0 Å². The topological polar surface area (TPSA) is 79.1 Å². The summed E-state index contributed by atoms with van der Waals surface area (Å²) in [6, 6.07) is 9.54. The van der Waals surface area contributed by atoms with Crippen LogP contribution in [0.25, 0.3) is 11.0 Å². The van der Waals surface area contributed by atoms with Gasteiger partial charge < -0.3 is 9.64 Å². The standard InChI is InChI=1S/C18H20N4O2/c1-12(2)24-18(23)13(11-19)16-17(22-9-5-6-10-22)21-15-8-4-3-7-14(15)20-16/h3-4,7-8,12-13H,5-6,9-10H2,1-2H3/t13-/m1/s1. The number of carbonyl (C=O) groups is 1. The summed E-state index contributed by atoms with van der Waals surface area (Å²) in [4.78, 5) is 23.7. The van der Waals surface area contributed by atoms with Crippen LogP contribution in [0.4, 0.5) is 5.82 Å². The molecule has 6 nitrogen and oxygen atoms in total. The Morgan fingerprint density at radius 3 is 2.42 bits per heavy atom. The molecule has 1 aromatic heterocycles. The van der Waals surface area contributed by atoms with Gasteiger partial charge in [0.15, 0.2) is 11.7 Å². The van der Waals surface area contributed by atoms with E-state index in [0.717, 1.165) is 31.4 Å². The number of esters is 1. The van der Waals surface area contributed by atoms with Gasteiger partial charge in [-0.3, -0.25) is 4.79 Å². The predicted molar refractivity (Wildman–Crippen MR) is 90.6 cm³/mol. The minimum atomic E-state index is -1.07. The first-order valence-corrected chi connectivity index (χ1v) is 8.22. The van der Waals surface area contributed by atoms with Crippen LogP contribution < -0.4 is 4.90 Å². The number of ether oxygens (including phenoxy) is 1. The molecule has 0 radical (unpaired) electrons. The highest BCUT2D eigenvalue weighted by molar-refractivity contribution is 5.85.